The fourth-order valence-corrected chi connectivity index (χ4v) is 2.08. The van der Waals surface area contributed by atoms with Crippen molar-refractivity contribution in [2.24, 2.45) is 0 Å². The number of aryl methyl sites for hydroxylation is 2. The van der Waals surface area contributed by atoms with Gasteiger partial charge in [-0.3, -0.25) is 5.41 Å². The SMILES string of the molecule is Cc1cn(CCC2OC=CO2)c(=N)s1. The van der Waals surface area contributed by atoms with E-state index >= 15 is 0 Å². The van der Waals surface area contributed by atoms with E-state index in [1.165, 1.54) is 11.3 Å². The van der Waals surface area contributed by atoms with Gasteiger partial charge in [0.2, 0.25) is 6.29 Å². The first-order chi connectivity index (χ1) is 6.75. The molecular weight excluding hydrogens is 200 g/mol. The van der Waals surface area contributed by atoms with Gasteiger partial charge in [-0.05, 0) is 6.92 Å². The molecule has 0 atom stereocenters. The highest BCUT2D eigenvalue weighted by atomic mass is 32.1. The third-order valence-electron chi connectivity index (χ3n) is 1.98. The van der Waals surface area contributed by atoms with Crippen LogP contribution in [-0.4, -0.2) is 10.9 Å². The molecule has 0 spiro atoms. The van der Waals surface area contributed by atoms with Crippen molar-refractivity contribution in [3.05, 3.63) is 28.4 Å². The van der Waals surface area contributed by atoms with Crippen molar-refractivity contribution in [2.45, 2.75) is 26.2 Å². The second-order valence-electron chi connectivity index (χ2n) is 3.10. The summed E-state index contributed by atoms with van der Waals surface area (Å²) < 4.78 is 12.2. The zero-order valence-corrected chi connectivity index (χ0v) is 8.71. The topological polar surface area (TPSA) is 47.2 Å². The van der Waals surface area contributed by atoms with Crippen molar-refractivity contribution in [1.29, 1.82) is 5.41 Å². The number of ether oxygens (including phenoxy) is 2. The van der Waals surface area contributed by atoms with E-state index in [2.05, 4.69) is 0 Å². The molecule has 76 valence electrons. The lowest BCUT2D eigenvalue weighted by atomic mass is 10.4. The molecule has 0 aliphatic carbocycles. The highest BCUT2D eigenvalue weighted by Gasteiger charge is 2.12. The Balaban J connectivity index is 1.91. The summed E-state index contributed by atoms with van der Waals surface area (Å²) in [5, 5.41) is 7.65. The summed E-state index contributed by atoms with van der Waals surface area (Å²) in [7, 11) is 0. The number of hydrogen-bond acceptors (Lipinski definition) is 4. The summed E-state index contributed by atoms with van der Waals surface area (Å²) in [6, 6.07) is 0. The van der Waals surface area contributed by atoms with Gasteiger partial charge in [0, 0.05) is 24.0 Å². The van der Waals surface area contributed by atoms with Crippen LogP contribution in [0.3, 0.4) is 0 Å². The lowest BCUT2D eigenvalue weighted by Gasteiger charge is -2.09. The first kappa shape index (κ1) is 9.33. The summed E-state index contributed by atoms with van der Waals surface area (Å²) in [5.74, 6) is 0. The molecule has 0 aromatic carbocycles. The zero-order valence-electron chi connectivity index (χ0n) is 7.90. The van der Waals surface area contributed by atoms with Crippen LogP contribution in [0.25, 0.3) is 0 Å². The molecule has 1 aromatic rings. The number of nitrogens with one attached hydrogen (secondary N) is 1. The number of nitrogens with zero attached hydrogens (tertiary/aromatic N) is 1. The Morgan fingerprint density at radius 1 is 1.50 bits per heavy atom. The molecular formula is C9H12N2O2S. The van der Waals surface area contributed by atoms with Crippen LogP contribution in [-0.2, 0) is 16.0 Å². The molecule has 0 radical (unpaired) electrons. The van der Waals surface area contributed by atoms with Crippen LogP contribution >= 0.6 is 11.3 Å². The molecule has 4 nitrogen and oxygen atoms in total. The largest absolute Gasteiger partial charge is 0.459 e. The first-order valence-electron chi connectivity index (χ1n) is 4.43. The van der Waals surface area contributed by atoms with Gasteiger partial charge in [0.25, 0.3) is 0 Å². The van der Waals surface area contributed by atoms with E-state index in [1.54, 1.807) is 12.5 Å². The van der Waals surface area contributed by atoms with Gasteiger partial charge in [0.1, 0.15) is 12.5 Å². The van der Waals surface area contributed by atoms with Crippen molar-refractivity contribution >= 4 is 11.3 Å². The summed E-state index contributed by atoms with van der Waals surface area (Å²) in [5.41, 5.74) is 0. The second-order valence-corrected chi connectivity index (χ2v) is 4.34. The molecule has 1 aliphatic rings. The molecule has 1 aliphatic heterocycles. The molecule has 0 saturated carbocycles. The second kappa shape index (κ2) is 3.88. The summed E-state index contributed by atoms with van der Waals surface area (Å²) in [4.78, 5) is 1.73. The Bertz CT molecular complexity index is 386. The molecule has 0 unspecified atom stereocenters. The molecule has 0 fully saturated rings. The molecule has 1 aromatic heterocycles. The minimum atomic E-state index is -0.179. The summed E-state index contributed by atoms with van der Waals surface area (Å²) in [6.45, 7) is 2.76. The molecule has 1 N–H and O–H groups in total. The average Bonchev–Trinajstić information content (AvgIpc) is 2.72. The van der Waals surface area contributed by atoms with Crippen LogP contribution in [0.1, 0.15) is 11.3 Å². The van der Waals surface area contributed by atoms with E-state index in [9.17, 15) is 0 Å². The lowest BCUT2D eigenvalue weighted by Crippen LogP contribution is -2.17. The highest BCUT2D eigenvalue weighted by Crippen LogP contribution is 2.10. The zero-order chi connectivity index (χ0) is 9.97. The molecule has 2 rings (SSSR count). The van der Waals surface area contributed by atoms with Crippen LogP contribution in [0.4, 0.5) is 0 Å². The third-order valence-corrected chi connectivity index (χ3v) is 2.83. The van der Waals surface area contributed by atoms with E-state index in [0.717, 1.165) is 17.8 Å². The van der Waals surface area contributed by atoms with Crippen molar-refractivity contribution in [3.63, 3.8) is 0 Å². The maximum absolute atomic E-state index is 7.65. The minimum absolute atomic E-state index is 0.179. The maximum atomic E-state index is 7.65. The maximum Gasteiger partial charge on any atom is 0.241 e. The predicted molar refractivity (Wildman–Crippen MR) is 52.6 cm³/mol. The molecule has 0 saturated heterocycles. The summed E-state index contributed by atoms with van der Waals surface area (Å²) in [6.07, 6.45) is 5.67. The average molecular weight is 212 g/mol. The van der Waals surface area contributed by atoms with Crippen molar-refractivity contribution in [2.75, 3.05) is 0 Å². The van der Waals surface area contributed by atoms with E-state index in [-0.39, 0.29) is 6.29 Å². The van der Waals surface area contributed by atoms with Gasteiger partial charge in [-0.25, -0.2) is 0 Å². The van der Waals surface area contributed by atoms with Gasteiger partial charge in [-0.2, -0.15) is 0 Å². The molecule has 5 heteroatoms. The van der Waals surface area contributed by atoms with E-state index in [4.69, 9.17) is 14.9 Å². The minimum Gasteiger partial charge on any atom is -0.459 e. The van der Waals surface area contributed by atoms with E-state index in [0.29, 0.717) is 4.80 Å². The van der Waals surface area contributed by atoms with E-state index < -0.39 is 0 Å². The monoisotopic (exact) mass is 212 g/mol. The van der Waals surface area contributed by atoms with Crippen molar-refractivity contribution < 1.29 is 9.47 Å². The van der Waals surface area contributed by atoms with Crippen LogP contribution in [0.5, 0.6) is 0 Å². The molecule has 2 heterocycles. The van der Waals surface area contributed by atoms with Gasteiger partial charge >= 0.3 is 0 Å². The van der Waals surface area contributed by atoms with Crippen molar-refractivity contribution in [1.82, 2.24) is 4.57 Å². The number of rotatable bonds is 3. The van der Waals surface area contributed by atoms with Crippen LogP contribution in [0.2, 0.25) is 0 Å². The Labute approximate surface area is 85.9 Å². The Hall–Kier alpha value is -1.23. The number of thiazole rings is 1. The number of aromatic nitrogens is 1. The van der Waals surface area contributed by atoms with Crippen LogP contribution in [0.15, 0.2) is 18.7 Å². The normalized spacial score (nSPS) is 15.5. The smallest absolute Gasteiger partial charge is 0.241 e. The van der Waals surface area contributed by atoms with E-state index in [1.807, 2.05) is 17.7 Å². The fourth-order valence-electron chi connectivity index (χ4n) is 1.33. The standard InChI is InChI=1S/C9H12N2O2S/c1-7-6-11(9(10)14-7)3-2-8-12-4-5-13-8/h4-6,8,10H,2-3H2,1H3. The fraction of sp³-hybridized carbons (Fsp3) is 0.444. The third kappa shape index (κ3) is 1.98. The van der Waals surface area contributed by atoms with Crippen LogP contribution in [0, 0.1) is 12.3 Å². The first-order valence-corrected chi connectivity index (χ1v) is 5.25. The Kier molecular flexibility index (Phi) is 2.58. The Morgan fingerprint density at radius 3 is 2.79 bits per heavy atom. The highest BCUT2D eigenvalue weighted by molar-refractivity contribution is 7.09. The van der Waals surface area contributed by atoms with Gasteiger partial charge in [0.05, 0.1) is 0 Å². The number of hydrogen-bond donors (Lipinski definition) is 1. The summed E-state index contributed by atoms with van der Waals surface area (Å²) >= 11 is 1.48. The molecule has 14 heavy (non-hydrogen) atoms. The lowest BCUT2D eigenvalue weighted by molar-refractivity contribution is -0.0307. The van der Waals surface area contributed by atoms with Crippen molar-refractivity contribution in [3.8, 4) is 0 Å². The quantitative estimate of drug-likeness (QED) is 0.826. The predicted octanol–water partition coefficient (Wildman–Crippen LogP) is 1.57. The van der Waals surface area contributed by atoms with Crippen LogP contribution < -0.4 is 4.80 Å². The van der Waals surface area contributed by atoms with Gasteiger partial charge in [-0.1, -0.05) is 0 Å². The molecule has 0 bridgehead atoms. The van der Waals surface area contributed by atoms with Gasteiger partial charge < -0.3 is 14.0 Å². The molecule has 0 amide bonds. The van der Waals surface area contributed by atoms with Gasteiger partial charge in [-0.15, -0.1) is 11.3 Å². The van der Waals surface area contributed by atoms with Gasteiger partial charge in [0.15, 0.2) is 4.80 Å². The Morgan fingerprint density at radius 2 is 2.21 bits per heavy atom.